The van der Waals surface area contributed by atoms with Crippen LogP contribution < -0.4 is 10.1 Å². The Hall–Kier alpha value is -1.10. The van der Waals surface area contributed by atoms with Crippen molar-refractivity contribution in [1.29, 1.82) is 0 Å². The number of hydrogen-bond acceptors (Lipinski definition) is 4. The zero-order valence-electron chi connectivity index (χ0n) is 20.9. The Kier molecular flexibility index (Phi) is 3.08. The summed E-state index contributed by atoms with van der Waals surface area (Å²) in [5.41, 5.74) is -0.0675. The largest absolute Gasteiger partial charge is 0.491 e. The Labute approximate surface area is 129 Å². The molecule has 0 fully saturated rings. The number of aryl methyl sites for hydroxylation is 1. The molecule has 0 radical (unpaired) electrons. The van der Waals surface area contributed by atoms with E-state index in [0.717, 1.165) is 14.0 Å². The van der Waals surface area contributed by atoms with Gasteiger partial charge in [-0.2, -0.15) is 0 Å². The number of ether oxygens (including phenoxy) is 2. The van der Waals surface area contributed by atoms with Crippen molar-refractivity contribution < 1.29 is 28.3 Å². The quantitative estimate of drug-likeness (QED) is 0.720. The molecular formula is C15H25NO3. The molecule has 1 aromatic rings. The molecule has 1 aromatic carbocycles. The SMILES string of the molecule is [2H]C([2H])(Oc1ccc(C([2H])([2H])C([2H])([2H])OC)cc1)C(O)CNC([2H])(C)C([2H])([2H])[2H]. The second-order valence-electron chi connectivity index (χ2n) is 3.70. The number of aliphatic hydroxyl groups is 1. The van der Waals surface area contributed by atoms with Gasteiger partial charge in [0.2, 0.25) is 0 Å². The van der Waals surface area contributed by atoms with Crippen molar-refractivity contribution >= 4 is 0 Å². The number of methoxy groups -OCH3 is 1. The molecule has 2 atom stereocenters. The van der Waals surface area contributed by atoms with Crippen LogP contribution in [0.3, 0.4) is 0 Å². The van der Waals surface area contributed by atoms with Crippen molar-refractivity contribution in [3.63, 3.8) is 0 Å². The molecule has 108 valence electrons. The predicted octanol–water partition coefficient (Wildman–Crippen LogP) is 1.61. The average molecular weight is 277 g/mol. The zero-order chi connectivity index (χ0) is 22.9. The Morgan fingerprint density at radius 2 is 2.21 bits per heavy atom. The van der Waals surface area contributed by atoms with Gasteiger partial charge in [-0.05, 0) is 24.1 Å². The minimum atomic E-state index is -2.69. The number of aliphatic hydroxyl groups excluding tert-OH is 1. The lowest BCUT2D eigenvalue weighted by atomic mass is 10.1. The fraction of sp³-hybridized carbons (Fsp3) is 0.600. The molecular weight excluding hydrogens is 242 g/mol. The molecule has 1 rings (SSSR count). The lowest BCUT2D eigenvalue weighted by Gasteiger charge is -2.15. The molecule has 2 N–H and O–H groups in total. The monoisotopic (exact) mass is 277 g/mol. The third-order valence-electron chi connectivity index (χ3n) is 2.03. The van der Waals surface area contributed by atoms with Crippen LogP contribution in [0.2, 0.25) is 0 Å². The van der Waals surface area contributed by atoms with Crippen molar-refractivity contribution in [1.82, 2.24) is 5.32 Å². The van der Waals surface area contributed by atoms with Crippen LogP contribution in [0.25, 0.3) is 0 Å². The molecule has 0 spiro atoms. The summed E-state index contributed by atoms with van der Waals surface area (Å²) in [6.45, 7) is -7.44. The molecule has 0 aromatic heterocycles. The highest BCUT2D eigenvalue weighted by Crippen LogP contribution is 2.12. The first-order chi connectivity index (χ1) is 12.9. The predicted molar refractivity (Wildman–Crippen MR) is 76.7 cm³/mol. The summed E-state index contributed by atoms with van der Waals surface area (Å²) in [4.78, 5) is 0. The molecule has 4 nitrogen and oxygen atoms in total. The van der Waals surface area contributed by atoms with Gasteiger partial charge in [0.25, 0.3) is 0 Å². The molecule has 0 aliphatic carbocycles. The standard InChI is InChI=1S/C15H25NO3/c1-12(2)16-10-14(17)11-19-15-6-4-13(5-7-15)8-9-18-3/h4-7,12,14,16-17H,8-11H2,1-3H3/i1D3,8D2,9D2,11D2,12D. The van der Waals surface area contributed by atoms with Crippen LogP contribution in [0.5, 0.6) is 5.75 Å². The average Bonchev–Trinajstić information content (AvgIpc) is 2.58. The van der Waals surface area contributed by atoms with E-state index in [1.54, 1.807) is 0 Å². The van der Waals surface area contributed by atoms with E-state index in [2.05, 4.69) is 10.1 Å². The third kappa shape index (κ3) is 7.15. The van der Waals surface area contributed by atoms with E-state index in [9.17, 15) is 5.11 Å². The van der Waals surface area contributed by atoms with Crippen LogP contribution in [0.4, 0.5) is 0 Å². The Morgan fingerprint density at radius 3 is 2.84 bits per heavy atom. The first-order valence-electron chi connectivity index (χ1n) is 10.7. The molecule has 0 aliphatic heterocycles. The highest BCUT2D eigenvalue weighted by atomic mass is 16.5. The molecule has 0 saturated carbocycles. The third-order valence-corrected chi connectivity index (χ3v) is 2.03. The maximum atomic E-state index is 10.0. The minimum absolute atomic E-state index is 0.0675. The molecule has 0 saturated heterocycles. The van der Waals surface area contributed by atoms with Gasteiger partial charge in [-0.15, -0.1) is 0 Å². The Bertz CT molecular complexity index is 676. The first kappa shape index (κ1) is 6.57. The summed E-state index contributed by atoms with van der Waals surface area (Å²) >= 11 is 0. The fourth-order valence-electron chi connectivity index (χ4n) is 1.14. The van der Waals surface area contributed by atoms with E-state index in [1.807, 2.05) is 0 Å². The van der Waals surface area contributed by atoms with Crippen molar-refractivity contribution in [3.05, 3.63) is 29.8 Å². The van der Waals surface area contributed by atoms with Crippen LogP contribution >= 0.6 is 0 Å². The van der Waals surface area contributed by atoms with E-state index in [-0.39, 0.29) is 11.3 Å². The van der Waals surface area contributed by atoms with Crippen molar-refractivity contribution in [2.75, 3.05) is 26.8 Å². The van der Waals surface area contributed by atoms with E-state index in [0.29, 0.717) is 0 Å². The highest BCUT2D eigenvalue weighted by Gasteiger charge is 2.05. The number of hydrogen-bond donors (Lipinski definition) is 2. The molecule has 2 unspecified atom stereocenters. The second-order valence-corrected chi connectivity index (χ2v) is 3.70. The van der Waals surface area contributed by atoms with Gasteiger partial charge in [-0.1, -0.05) is 25.9 Å². The van der Waals surface area contributed by atoms with Gasteiger partial charge in [-0.3, -0.25) is 0 Å². The summed E-state index contributed by atoms with van der Waals surface area (Å²) in [5.74, 6) is -0.0731. The van der Waals surface area contributed by atoms with Gasteiger partial charge < -0.3 is 19.9 Å². The van der Waals surface area contributed by atoms with Gasteiger partial charge in [0.1, 0.15) is 18.4 Å². The van der Waals surface area contributed by atoms with E-state index >= 15 is 0 Å². The highest BCUT2D eigenvalue weighted by molar-refractivity contribution is 5.27. The second kappa shape index (κ2) is 8.91. The molecule has 0 heterocycles. The van der Waals surface area contributed by atoms with Gasteiger partial charge in [0.05, 0.1) is 12.0 Å². The molecule has 0 aliphatic rings. The zero-order valence-corrected chi connectivity index (χ0v) is 10.9. The Morgan fingerprint density at radius 1 is 1.47 bits per heavy atom. The minimum Gasteiger partial charge on any atom is -0.491 e. The van der Waals surface area contributed by atoms with Crippen LogP contribution in [-0.4, -0.2) is 44.0 Å². The van der Waals surface area contributed by atoms with Crippen molar-refractivity contribution in [3.8, 4) is 5.75 Å². The summed E-state index contributed by atoms with van der Waals surface area (Å²) in [5, 5.41) is 12.3. The first-order valence-corrected chi connectivity index (χ1v) is 5.65. The van der Waals surface area contributed by atoms with Crippen molar-refractivity contribution in [2.24, 2.45) is 0 Å². The maximum Gasteiger partial charge on any atom is 0.119 e. The van der Waals surface area contributed by atoms with Crippen LogP contribution in [0.15, 0.2) is 24.3 Å². The van der Waals surface area contributed by atoms with Crippen molar-refractivity contribution in [2.45, 2.75) is 32.3 Å². The fourth-order valence-corrected chi connectivity index (χ4v) is 1.14. The van der Waals surface area contributed by atoms with Gasteiger partial charge in [-0.25, -0.2) is 0 Å². The topological polar surface area (TPSA) is 50.7 Å². The summed E-state index contributed by atoms with van der Waals surface area (Å²) in [6.07, 6.45) is -4.31. The Balaban J connectivity index is 2.86. The molecule has 4 heteroatoms. The van der Waals surface area contributed by atoms with Crippen LogP contribution in [-0.2, 0) is 11.1 Å². The molecule has 0 amide bonds. The lowest BCUT2D eigenvalue weighted by molar-refractivity contribution is 0.104. The van der Waals surface area contributed by atoms with E-state index in [4.69, 9.17) is 18.4 Å². The van der Waals surface area contributed by atoms with E-state index in [1.165, 1.54) is 24.3 Å². The van der Waals surface area contributed by atoms with Gasteiger partial charge in [0.15, 0.2) is 0 Å². The summed E-state index contributed by atoms with van der Waals surface area (Å²) in [6, 6.07) is 2.70. The smallest absolute Gasteiger partial charge is 0.119 e. The molecule has 19 heavy (non-hydrogen) atoms. The summed E-state index contributed by atoms with van der Waals surface area (Å²) in [7, 11) is 1.04. The normalized spacial score (nSPS) is 26.5. The lowest BCUT2D eigenvalue weighted by Crippen LogP contribution is -2.35. The number of benzene rings is 1. The summed E-state index contributed by atoms with van der Waals surface area (Å²) < 4.78 is 85.8. The van der Waals surface area contributed by atoms with Gasteiger partial charge in [0, 0.05) is 27.9 Å². The number of nitrogens with one attached hydrogen (secondary N) is 1. The van der Waals surface area contributed by atoms with Gasteiger partial charge >= 0.3 is 0 Å². The number of rotatable bonds is 9. The maximum absolute atomic E-state index is 10.0. The van der Waals surface area contributed by atoms with E-state index < -0.39 is 45.0 Å². The van der Waals surface area contributed by atoms with Crippen LogP contribution in [0.1, 0.15) is 33.0 Å². The van der Waals surface area contributed by atoms with Crippen LogP contribution in [0, 0.1) is 0 Å². The molecule has 0 bridgehead atoms.